The van der Waals surface area contributed by atoms with Crippen molar-refractivity contribution < 1.29 is 14.4 Å². The summed E-state index contributed by atoms with van der Waals surface area (Å²) in [5, 5.41) is 5.53. The fraction of sp³-hybridized carbons (Fsp3) is 0.308. The van der Waals surface area contributed by atoms with Gasteiger partial charge in [0, 0.05) is 0 Å². The minimum absolute atomic E-state index is 0.247. The first-order valence-corrected chi connectivity index (χ1v) is 6.86. The van der Waals surface area contributed by atoms with E-state index in [1.54, 1.807) is 32.0 Å². The zero-order valence-corrected chi connectivity index (χ0v) is 12.9. The average Bonchev–Trinajstić information content (AvgIpc) is 2.56. The van der Waals surface area contributed by atoms with Crippen LogP contribution >= 0.6 is 23.2 Å². The molecule has 1 fully saturated rings. The lowest BCUT2D eigenvalue weighted by Crippen LogP contribution is -2.41. The van der Waals surface area contributed by atoms with Crippen LogP contribution in [0.15, 0.2) is 18.2 Å². The normalized spacial score (nSPS) is 16.9. The highest BCUT2D eigenvalue weighted by Crippen LogP contribution is 2.29. The van der Waals surface area contributed by atoms with Crippen LogP contribution in [0, 0.1) is 0 Å². The number of hydrogen-bond donors (Lipinski definition) is 2. The molecular formula is C13H13Cl2N3O3. The van der Waals surface area contributed by atoms with Crippen molar-refractivity contribution in [1.29, 1.82) is 0 Å². The molecule has 0 saturated carbocycles. The molecule has 2 rings (SSSR count). The molecule has 1 saturated heterocycles. The Hall–Kier alpha value is -1.79. The molecule has 0 bridgehead atoms. The largest absolute Gasteiger partial charge is 0.325 e. The quantitative estimate of drug-likeness (QED) is 0.835. The Balaban J connectivity index is 2.10. The van der Waals surface area contributed by atoms with Gasteiger partial charge in [-0.2, -0.15) is 0 Å². The number of carbonyl (C=O) groups excluding carboxylic acids is 3. The second kappa shape index (κ2) is 5.54. The van der Waals surface area contributed by atoms with E-state index in [1.165, 1.54) is 0 Å². The number of amides is 4. The number of para-hydroxylation sites is 1. The van der Waals surface area contributed by atoms with Crippen LogP contribution in [0.1, 0.15) is 13.8 Å². The molecule has 1 aliphatic rings. The Labute approximate surface area is 131 Å². The lowest BCUT2D eigenvalue weighted by Gasteiger charge is -2.16. The van der Waals surface area contributed by atoms with Gasteiger partial charge < -0.3 is 10.6 Å². The van der Waals surface area contributed by atoms with Crippen LogP contribution in [0.4, 0.5) is 10.5 Å². The Morgan fingerprint density at radius 2 is 1.86 bits per heavy atom. The number of rotatable bonds is 3. The van der Waals surface area contributed by atoms with Gasteiger partial charge in [-0.05, 0) is 26.0 Å². The van der Waals surface area contributed by atoms with Crippen molar-refractivity contribution in [3.05, 3.63) is 28.2 Å². The molecule has 8 heteroatoms. The summed E-state index contributed by atoms with van der Waals surface area (Å²) < 4.78 is 0. The van der Waals surface area contributed by atoms with Crippen molar-refractivity contribution >= 4 is 46.7 Å². The number of benzene rings is 1. The van der Waals surface area contributed by atoms with E-state index in [4.69, 9.17) is 23.2 Å². The summed E-state index contributed by atoms with van der Waals surface area (Å²) in [7, 11) is 0. The van der Waals surface area contributed by atoms with E-state index in [1.807, 2.05) is 0 Å². The molecular weight excluding hydrogens is 317 g/mol. The Morgan fingerprint density at radius 3 is 2.33 bits per heavy atom. The Morgan fingerprint density at radius 1 is 1.29 bits per heavy atom. The van der Waals surface area contributed by atoms with E-state index in [2.05, 4.69) is 10.6 Å². The van der Waals surface area contributed by atoms with Gasteiger partial charge in [-0.15, -0.1) is 0 Å². The molecule has 1 heterocycles. The maximum absolute atomic E-state index is 12.0. The maximum atomic E-state index is 12.0. The fourth-order valence-corrected chi connectivity index (χ4v) is 2.39. The fourth-order valence-electron chi connectivity index (χ4n) is 1.90. The van der Waals surface area contributed by atoms with E-state index < -0.39 is 29.9 Å². The minimum atomic E-state index is -1.01. The van der Waals surface area contributed by atoms with Gasteiger partial charge in [-0.1, -0.05) is 29.3 Å². The number of nitrogens with zero attached hydrogens (tertiary/aromatic N) is 1. The van der Waals surface area contributed by atoms with E-state index in [0.717, 1.165) is 4.90 Å². The topological polar surface area (TPSA) is 78.5 Å². The summed E-state index contributed by atoms with van der Waals surface area (Å²) in [6.45, 7) is 2.72. The van der Waals surface area contributed by atoms with Crippen molar-refractivity contribution in [2.45, 2.75) is 19.4 Å². The summed E-state index contributed by atoms with van der Waals surface area (Å²) in [5.74, 6) is -1.03. The van der Waals surface area contributed by atoms with Crippen LogP contribution in [0.2, 0.25) is 10.0 Å². The van der Waals surface area contributed by atoms with Gasteiger partial charge in [-0.25, -0.2) is 4.79 Å². The molecule has 1 aromatic carbocycles. The average molecular weight is 330 g/mol. The molecule has 0 unspecified atom stereocenters. The zero-order chi connectivity index (χ0) is 15.8. The maximum Gasteiger partial charge on any atom is 0.325 e. The summed E-state index contributed by atoms with van der Waals surface area (Å²) in [4.78, 5) is 36.5. The predicted molar refractivity (Wildman–Crippen MR) is 79.4 cm³/mol. The molecule has 0 atom stereocenters. The van der Waals surface area contributed by atoms with E-state index in [9.17, 15) is 14.4 Å². The second-order valence-electron chi connectivity index (χ2n) is 5.09. The zero-order valence-electron chi connectivity index (χ0n) is 11.4. The van der Waals surface area contributed by atoms with E-state index >= 15 is 0 Å². The predicted octanol–water partition coefficient (Wildman–Crippen LogP) is 2.26. The third-order valence-corrected chi connectivity index (χ3v) is 3.60. The van der Waals surface area contributed by atoms with Crippen LogP contribution in [-0.2, 0) is 9.59 Å². The van der Waals surface area contributed by atoms with Crippen molar-refractivity contribution in [1.82, 2.24) is 10.2 Å². The molecule has 112 valence electrons. The first-order chi connectivity index (χ1) is 9.72. The van der Waals surface area contributed by atoms with Crippen LogP contribution in [0.25, 0.3) is 0 Å². The van der Waals surface area contributed by atoms with Crippen LogP contribution < -0.4 is 10.6 Å². The standard InChI is InChI=1S/C13H13Cl2N3O3/c1-13(2)11(20)18(12(21)17-13)6-9(19)16-10-7(14)4-3-5-8(10)15/h3-5H,6H2,1-2H3,(H,16,19)(H,17,21). The first-order valence-electron chi connectivity index (χ1n) is 6.10. The molecule has 21 heavy (non-hydrogen) atoms. The molecule has 1 aromatic rings. The van der Waals surface area contributed by atoms with Crippen molar-refractivity contribution in [3.63, 3.8) is 0 Å². The summed E-state index contributed by atoms with van der Waals surface area (Å²) in [5.41, 5.74) is -0.767. The van der Waals surface area contributed by atoms with Gasteiger partial charge >= 0.3 is 6.03 Å². The molecule has 0 aliphatic carbocycles. The summed E-state index contributed by atoms with van der Waals surface area (Å²) in [6, 6.07) is 4.17. The second-order valence-corrected chi connectivity index (χ2v) is 5.91. The number of urea groups is 1. The van der Waals surface area contributed by atoms with Gasteiger partial charge in [0.1, 0.15) is 12.1 Å². The molecule has 0 radical (unpaired) electrons. The molecule has 4 amide bonds. The number of hydrogen-bond acceptors (Lipinski definition) is 3. The van der Waals surface area contributed by atoms with Crippen LogP contribution in [0.5, 0.6) is 0 Å². The highest BCUT2D eigenvalue weighted by molar-refractivity contribution is 6.39. The first kappa shape index (κ1) is 15.6. The third kappa shape index (κ3) is 3.11. The Kier molecular flexibility index (Phi) is 4.11. The molecule has 6 nitrogen and oxygen atoms in total. The molecule has 2 N–H and O–H groups in total. The van der Waals surface area contributed by atoms with Gasteiger partial charge in [0.2, 0.25) is 5.91 Å². The van der Waals surface area contributed by atoms with Gasteiger partial charge in [0.25, 0.3) is 5.91 Å². The number of anilines is 1. The van der Waals surface area contributed by atoms with Crippen LogP contribution in [-0.4, -0.2) is 34.8 Å². The van der Waals surface area contributed by atoms with E-state index in [0.29, 0.717) is 0 Å². The summed E-state index contributed by atoms with van der Waals surface area (Å²) >= 11 is 11.9. The van der Waals surface area contributed by atoms with Crippen molar-refractivity contribution in [3.8, 4) is 0 Å². The van der Waals surface area contributed by atoms with Gasteiger partial charge in [0.15, 0.2) is 0 Å². The number of imide groups is 1. The molecule has 0 aromatic heterocycles. The molecule has 0 spiro atoms. The van der Waals surface area contributed by atoms with Crippen LogP contribution in [0.3, 0.4) is 0 Å². The number of carbonyl (C=O) groups is 3. The lowest BCUT2D eigenvalue weighted by atomic mass is 10.1. The summed E-state index contributed by atoms with van der Waals surface area (Å²) in [6.07, 6.45) is 0. The minimum Gasteiger partial charge on any atom is -0.324 e. The SMILES string of the molecule is CC1(C)NC(=O)N(CC(=O)Nc2c(Cl)cccc2Cl)C1=O. The third-order valence-electron chi connectivity index (χ3n) is 2.97. The smallest absolute Gasteiger partial charge is 0.324 e. The number of halogens is 2. The van der Waals surface area contributed by atoms with Gasteiger partial charge in [0.05, 0.1) is 15.7 Å². The Bertz CT molecular complexity index is 611. The van der Waals surface area contributed by atoms with E-state index in [-0.39, 0.29) is 15.7 Å². The lowest BCUT2D eigenvalue weighted by molar-refractivity contribution is -0.132. The van der Waals surface area contributed by atoms with Crippen molar-refractivity contribution in [2.24, 2.45) is 0 Å². The highest BCUT2D eigenvalue weighted by atomic mass is 35.5. The monoisotopic (exact) mass is 329 g/mol. The van der Waals surface area contributed by atoms with Gasteiger partial charge in [-0.3, -0.25) is 14.5 Å². The highest BCUT2D eigenvalue weighted by Gasteiger charge is 2.44. The van der Waals surface area contributed by atoms with Crippen molar-refractivity contribution in [2.75, 3.05) is 11.9 Å². The molecule has 1 aliphatic heterocycles. The number of nitrogens with one attached hydrogen (secondary N) is 2.